The second-order valence-corrected chi connectivity index (χ2v) is 5.70. The molecule has 1 aromatic carbocycles. The molecule has 0 bridgehead atoms. The molecular weight excluding hydrogens is 234 g/mol. The lowest BCUT2D eigenvalue weighted by Crippen LogP contribution is -2.22. The maximum Gasteiger partial charge on any atom is 0.148 e. The number of rotatable bonds is 3. The van der Waals surface area contributed by atoms with Gasteiger partial charge in [0.15, 0.2) is 0 Å². The Labute approximate surface area is 113 Å². The molecule has 0 saturated heterocycles. The summed E-state index contributed by atoms with van der Waals surface area (Å²) in [5.41, 5.74) is 9.30. The first kappa shape index (κ1) is 12.3. The van der Waals surface area contributed by atoms with Crippen molar-refractivity contribution in [1.29, 1.82) is 0 Å². The van der Waals surface area contributed by atoms with Crippen LogP contribution in [0.25, 0.3) is 11.3 Å². The van der Waals surface area contributed by atoms with Gasteiger partial charge in [0.2, 0.25) is 0 Å². The van der Waals surface area contributed by atoms with Gasteiger partial charge in [-0.05, 0) is 30.4 Å². The van der Waals surface area contributed by atoms with Crippen molar-refractivity contribution in [1.82, 2.24) is 9.97 Å². The van der Waals surface area contributed by atoms with E-state index in [-0.39, 0.29) is 5.54 Å². The largest absolute Gasteiger partial charge is 0.319 e. The van der Waals surface area contributed by atoms with Crippen molar-refractivity contribution in [3.63, 3.8) is 0 Å². The predicted molar refractivity (Wildman–Crippen MR) is 76.7 cm³/mol. The minimum Gasteiger partial charge on any atom is -0.319 e. The monoisotopic (exact) mass is 253 g/mol. The Morgan fingerprint density at radius 1 is 1.11 bits per heavy atom. The molecule has 1 aliphatic rings. The van der Waals surface area contributed by atoms with Gasteiger partial charge in [-0.1, -0.05) is 38.1 Å². The number of nitrogens with zero attached hydrogens (tertiary/aromatic N) is 2. The van der Waals surface area contributed by atoms with Crippen LogP contribution in [0.3, 0.4) is 0 Å². The highest BCUT2D eigenvalue weighted by Crippen LogP contribution is 2.40. The highest BCUT2D eigenvalue weighted by Gasteiger charge is 2.43. The summed E-state index contributed by atoms with van der Waals surface area (Å²) in [6.45, 7) is 4.39. The van der Waals surface area contributed by atoms with E-state index in [4.69, 9.17) is 5.73 Å². The van der Waals surface area contributed by atoms with Crippen LogP contribution in [0.15, 0.2) is 36.5 Å². The first-order valence-corrected chi connectivity index (χ1v) is 6.81. The molecule has 0 radical (unpaired) electrons. The van der Waals surface area contributed by atoms with Crippen molar-refractivity contribution in [2.45, 2.75) is 38.1 Å². The molecule has 0 atom stereocenters. The van der Waals surface area contributed by atoms with E-state index in [1.165, 1.54) is 5.56 Å². The number of hydrogen-bond donors (Lipinski definition) is 1. The van der Waals surface area contributed by atoms with Crippen LogP contribution in [-0.2, 0) is 5.54 Å². The molecule has 2 N–H and O–H groups in total. The second-order valence-electron chi connectivity index (χ2n) is 5.70. The lowest BCUT2D eigenvalue weighted by atomic mass is 10.0. The number of hydrogen-bond acceptors (Lipinski definition) is 3. The van der Waals surface area contributed by atoms with Gasteiger partial charge in [-0.2, -0.15) is 0 Å². The molecule has 1 saturated carbocycles. The topological polar surface area (TPSA) is 51.8 Å². The third-order valence-electron chi connectivity index (χ3n) is 3.76. The van der Waals surface area contributed by atoms with Crippen LogP contribution in [0.5, 0.6) is 0 Å². The molecule has 1 fully saturated rings. The number of benzene rings is 1. The Kier molecular flexibility index (Phi) is 2.86. The van der Waals surface area contributed by atoms with Crippen LogP contribution >= 0.6 is 0 Å². The van der Waals surface area contributed by atoms with E-state index >= 15 is 0 Å². The van der Waals surface area contributed by atoms with E-state index in [2.05, 4.69) is 48.1 Å². The molecule has 3 rings (SSSR count). The maximum atomic E-state index is 6.15. The van der Waals surface area contributed by atoms with Crippen molar-refractivity contribution in [2.24, 2.45) is 5.73 Å². The highest BCUT2D eigenvalue weighted by atomic mass is 15.0. The molecular formula is C16H19N3. The Hall–Kier alpha value is -1.74. The summed E-state index contributed by atoms with van der Waals surface area (Å²) in [5.74, 6) is 1.33. The molecule has 2 aromatic rings. The fraction of sp³-hybridized carbons (Fsp3) is 0.375. The summed E-state index contributed by atoms with van der Waals surface area (Å²) in [7, 11) is 0. The standard InChI is InChI=1S/C16H19N3/c1-11(2)12-3-5-13(6-4-12)14-7-10-18-15(19-14)16(17)8-9-16/h3-7,10-11H,8-9,17H2,1-2H3. The van der Waals surface area contributed by atoms with E-state index in [9.17, 15) is 0 Å². The quantitative estimate of drug-likeness (QED) is 0.913. The third kappa shape index (κ3) is 2.38. The zero-order valence-electron chi connectivity index (χ0n) is 11.4. The Morgan fingerprint density at radius 3 is 2.37 bits per heavy atom. The normalized spacial score (nSPS) is 16.6. The summed E-state index contributed by atoms with van der Waals surface area (Å²) >= 11 is 0. The summed E-state index contributed by atoms with van der Waals surface area (Å²) in [6.07, 6.45) is 3.78. The minimum atomic E-state index is -0.270. The Balaban J connectivity index is 1.93. The molecule has 1 heterocycles. The van der Waals surface area contributed by atoms with Crippen molar-refractivity contribution in [3.05, 3.63) is 47.9 Å². The average Bonchev–Trinajstić information content (AvgIpc) is 3.18. The fourth-order valence-electron chi connectivity index (χ4n) is 2.16. The molecule has 19 heavy (non-hydrogen) atoms. The van der Waals surface area contributed by atoms with Gasteiger partial charge >= 0.3 is 0 Å². The molecule has 98 valence electrons. The molecule has 0 aliphatic heterocycles. The maximum absolute atomic E-state index is 6.15. The van der Waals surface area contributed by atoms with Gasteiger partial charge in [-0.25, -0.2) is 9.97 Å². The molecule has 0 spiro atoms. The fourth-order valence-corrected chi connectivity index (χ4v) is 2.16. The van der Waals surface area contributed by atoms with Crippen molar-refractivity contribution >= 4 is 0 Å². The Morgan fingerprint density at radius 2 is 1.79 bits per heavy atom. The highest BCUT2D eigenvalue weighted by molar-refractivity contribution is 5.59. The predicted octanol–water partition coefficient (Wildman–Crippen LogP) is 3.21. The smallest absolute Gasteiger partial charge is 0.148 e. The van der Waals surface area contributed by atoms with Crippen LogP contribution in [0, 0.1) is 0 Å². The Bertz CT molecular complexity index is 583. The summed E-state index contributed by atoms with van der Waals surface area (Å²) in [5, 5.41) is 0. The van der Waals surface area contributed by atoms with Gasteiger partial charge in [0.1, 0.15) is 5.82 Å². The number of nitrogens with two attached hydrogens (primary N) is 1. The first-order chi connectivity index (χ1) is 9.08. The van der Waals surface area contributed by atoms with Crippen LogP contribution in [-0.4, -0.2) is 9.97 Å². The lowest BCUT2D eigenvalue weighted by Gasteiger charge is -2.10. The molecule has 0 unspecified atom stereocenters. The van der Waals surface area contributed by atoms with Crippen molar-refractivity contribution in [3.8, 4) is 11.3 Å². The van der Waals surface area contributed by atoms with Gasteiger partial charge < -0.3 is 5.73 Å². The van der Waals surface area contributed by atoms with Crippen LogP contribution in [0.1, 0.15) is 44.0 Å². The summed E-state index contributed by atoms with van der Waals surface area (Å²) in [6, 6.07) is 10.5. The second kappa shape index (κ2) is 4.42. The zero-order chi connectivity index (χ0) is 13.5. The molecule has 1 aromatic heterocycles. The van der Waals surface area contributed by atoms with E-state index in [0.717, 1.165) is 29.9 Å². The number of aromatic nitrogens is 2. The summed E-state index contributed by atoms with van der Waals surface area (Å²) < 4.78 is 0. The van der Waals surface area contributed by atoms with Crippen LogP contribution < -0.4 is 5.73 Å². The van der Waals surface area contributed by atoms with Gasteiger partial charge in [-0.3, -0.25) is 0 Å². The first-order valence-electron chi connectivity index (χ1n) is 6.81. The molecule has 3 nitrogen and oxygen atoms in total. The minimum absolute atomic E-state index is 0.270. The van der Waals surface area contributed by atoms with E-state index < -0.39 is 0 Å². The summed E-state index contributed by atoms with van der Waals surface area (Å²) in [4.78, 5) is 8.92. The van der Waals surface area contributed by atoms with Gasteiger partial charge in [0.05, 0.1) is 11.2 Å². The van der Waals surface area contributed by atoms with E-state index in [1.807, 2.05) is 6.07 Å². The third-order valence-corrected chi connectivity index (χ3v) is 3.76. The zero-order valence-corrected chi connectivity index (χ0v) is 11.4. The van der Waals surface area contributed by atoms with E-state index in [0.29, 0.717) is 5.92 Å². The van der Waals surface area contributed by atoms with E-state index in [1.54, 1.807) is 6.20 Å². The SMILES string of the molecule is CC(C)c1ccc(-c2ccnc(C3(N)CC3)n2)cc1. The molecule has 1 aliphatic carbocycles. The van der Waals surface area contributed by atoms with Gasteiger partial charge in [0.25, 0.3) is 0 Å². The van der Waals surface area contributed by atoms with Gasteiger partial charge in [0, 0.05) is 11.8 Å². The molecule has 0 amide bonds. The average molecular weight is 253 g/mol. The van der Waals surface area contributed by atoms with Crippen molar-refractivity contribution in [2.75, 3.05) is 0 Å². The molecule has 3 heteroatoms. The van der Waals surface area contributed by atoms with Crippen molar-refractivity contribution < 1.29 is 0 Å². The van der Waals surface area contributed by atoms with Gasteiger partial charge in [-0.15, -0.1) is 0 Å². The lowest BCUT2D eigenvalue weighted by molar-refractivity contribution is 0.673. The van der Waals surface area contributed by atoms with Crippen LogP contribution in [0.2, 0.25) is 0 Å². The van der Waals surface area contributed by atoms with Crippen LogP contribution in [0.4, 0.5) is 0 Å².